The number of amides is 1. The zero-order chi connectivity index (χ0) is 18.4. The summed E-state index contributed by atoms with van der Waals surface area (Å²) < 4.78 is 10.3. The lowest BCUT2D eigenvalue weighted by Crippen LogP contribution is -2.25. The fourth-order valence-electron chi connectivity index (χ4n) is 2.48. The summed E-state index contributed by atoms with van der Waals surface area (Å²) in [7, 11) is 1.35. The number of esters is 1. The minimum atomic E-state index is -0.369. The monoisotopic (exact) mass is 354 g/mol. The highest BCUT2D eigenvalue weighted by Crippen LogP contribution is 2.29. The maximum absolute atomic E-state index is 12.2. The summed E-state index contributed by atoms with van der Waals surface area (Å²) in [5, 5.41) is 2.85. The Bertz CT molecular complexity index is 770. The van der Waals surface area contributed by atoms with Crippen LogP contribution >= 0.6 is 0 Å². The van der Waals surface area contributed by atoms with E-state index in [1.54, 1.807) is 30.3 Å². The third-order valence-corrected chi connectivity index (χ3v) is 4.21. The van der Waals surface area contributed by atoms with E-state index in [9.17, 15) is 9.59 Å². The van der Waals surface area contributed by atoms with Gasteiger partial charge in [-0.15, -0.1) is 0 Å². The van der Waals surface area contributed by atoms with Crippen molar-refractivity contribution in [3.63, 3.8) is 0 Å². The molecule has 26 heavy (non-hydrogen) atoms. The molecule has 6 heteroatoms. The van der Waals surface area contributed by atoms with E-state index in [4.69, 9.17) is 9.47 Å². The molecule has 1 amide bonds. The van der Waals surface area contributed by atoms with Crippen molar-refractivity contribution in [1.82, 2.24) is 10.3 Å². The van der Waals surface area contributed by atoms with Gasteiger partial charge in [-0.1, -0.05) is 12.1 Å². The standard InChI is InChI=1S/C20H22N2O4/c1-25-20(24)16-4-2-3-14(11-16)9-10-21-19(23)17-7-8-18(22-12-17)26-13-15-5-6-15/h2-4,7-8,11-12,15H,5-6,9-10,13H2,1H3,(H,21,23). The van der Waals surface area contributed by atoms with Gasteiger partial charge in [0.25, 0.3) is 5.91 Å². The van der Waals surface area contributed by atoms with Crippen molar-refractivity contribution in [2.45, 2.75) is 19.3 Å². The first-order valence-electron chi connectivity index (χ1n) is 8.70. The van der Waals surface area contributed by atoms with Crippen LogP contribution in [-0.2, 0) is 11.2 Å². The first-order valence-corrected chi connectivity index (χ1v) is 8.70. The van der Waals surface area contributed by atoms with Crippen LogP contribution in [0.4, 0.5) is 0 Å². The molecule has 0 unspecified atom stereocenters. The van der Waals surface area contributed by atoms with Gasteiger partial charge in [-0.2, -0.15) is 0 Å². The van der Waals surface area contributed by atoms with Crippen molar-refractivity contribution in [3.05, 3.63) is 59.3 Å². The average molecular weight is 354 g/mol. The van der Waals surface area contributed by atoms with E-state index >= 15 is 0 Å². The van der Waals surface area contributed by atoms with Crippen LogP contribution in [0.25, 0.3) is 0 Å². The zero-order valence-electron chi connectivity index (χ0n) is 14.7. The van der Waals surface area contributed by atoms with Gasteiger partial charge in [-0.05, 0) is 48.9 Å². The summed E-state index contributed by atoms with van der Waals surface area (Å²) in [6, 6.07) is 10.6. The third kappa shape index (κ3) is 5.05. The Morgan fingerprint density at radius 2 is 2.04 bits per heavy atom. The highest BCUT2D eigenvalue weighted by atomic mass is 16.5. The molecule has 1 aromatic carbocycles. The molecular weight excluding hydrogens is 332 g/mol. The maximum atomic E-state index is 12.2. The van der Waals surface area contributed by atoms with E-state index in [0.29, 0.717) is 42.5 Å². The van der Waals surface area contributed by atoms with Gasteiger partial charge < -0.3 is 14.8 Å². The van der Waals surface area contributed by atoms with Crippen LogP contribution in [0, 0.1) is 5.92 Å². The number of hydrogen-bond acceptors (Lipinski definition) is 5. The highest BCUT2D eigenvalue weighted by Gasteiger charge is 2.22. The normalized spacial score (nSPS) is 13.1. The number of aromatic nitrogens is 1. The van der Waals surface area contributed by atoms with Crippen LogP contribution in [0.2, 0.25) is 0 Å². The van der Waals surface area contributed by atoms with Crippen molar-refractivity contribution >= 4 is 11.9 Å². The minimum Gasteiger partial charge on any atom is -0.477 e. The molecule has 136 valence electrons. The lowest BCUT2D eigenvalue weighted by Gasteiger charge is -2.08. The second-order valence-corrected chi connectivity index (χ2v) is 6.34. The van der Waals surface area contributed by atoms with Crippen LogP contribution in [0.15, 0.2) is 42.6 Å². The first-order chi connectivity index (χ1) is 12.7. The smallest absolute Gasteiger partial charge is 0.337 e. The zero-order valence-corrected chi connectivity index (χ0v) is 14.7. The van der Waals surface area contributed by atoms with E-state index in [1.165, 1.54) is 26.1 Å². The molecular formula is C20H22N2O4. The molecule has 0 aliphatic heterocycles. The molecule has 6 nitrogen and oxygen atoms in total. The number of hydrogen-bond donors (Lipinski definition) is 1. The second kappa shape index (κ2) is 8.47. The van der Waals surface area contributed by atoms with Gasteiger partial charge in [0.2, 0.25) is 5.88 Å². The number of rotatable bonds is 8. The largest absolute Gasteiger partial charge is 0.477 e. The molecule has 0 saturated heterocycles. The fourth-order valence-corrected chi connectivity index (χ4v) is 2.48. The number of pyridine rings is 1. The number of ether oxygens (including phenoxy) is 2. The molecule has 3 rings (SSSR count). The van der Waals surface area contributed by atoms with E-state index in [2.05, 4.69) is 10.3 Å². The SMILES string of the molecule is COC(=O)c1cccc(CCNC(=O)c2ccc(OCC3CC3)nc2)c1. The van der Waals surface area contributed by atoms with Crippen molar-refractivity contribution in [3.8, 4) is 5.88 Å². The molecule has 1 aromatic heterocycles. The van der Waals surface area contributed by atoms with Crippen LogP contribution in [0.3, 0.4) is 0 Å². The van der Waals surface area contributed by atoms with E-state index in [0.717, 1.165) is 5.56 Å². The van der Waals surface area contributed by atoms with Crippen molar-refractivity contribution in [2.24, 2.45) is 5.92 Å². The quantitative estimate of drug-likeness (QED) is 0.738. The first kappa shape index (κ1) is 17.9. The summed E-state index contributed by atoms with van der Waals surface area (Å²) in [5.41, 5.74) is 1.95. The number of carbonyl (C=O) groups is 2. The summed E-state index contributed by atoms with van der Waals surface area (Å²) in [6.07, 6.45) is 4.59. The molecule has 1 fully saturated rings. The maximum Gasteiger partial charge on any atom is 0.337 e. The van der Waals surface area contributed by atoms with E-state index in [1.807, 2.05) is 6.07 Å². The third-order valence-electron chi connectivity index (χ3n) is 4.21. The lowest BCUT2D eigenvalue weighted by molar-refractivity contribution is 0.0600. The summed E-state index contributed by atoms with van der Waals surface area (Å²) >= 11 is 0. The molecule has 0 atom stereocenters. The van der Waals surface area contributed by atoms with Gasteiger partial charge in [0.1, 0.15) is 0 Å². The number of nitrogens with one attached hydrogen (secondary N) is 1. The fraction of sp³-hybridized carbons (Fsp3) is 0.350. The summed E-state index contributed by atoms with van der Waals surface area (Å²) in [4.78, 5) is 27.9. The van der Waals surface area contributed by atoms with E-state index < -0.39 is 0 Å². The molecule has 1 N–H and O–H groups in total. The summed E-state index contributed by atoms with van der Waals surface area (Å²) in [6.45, 7) is 1.16. The van der Waals surface area contributed by atoms with Crippen LogP contribution in [0.1, 0.15) is 39.1 Å². The van der Waals surface area contributed by atoms with Crippen molar-refractivity contribution in [2.75, 3.05) is 20.3 Å². The van der Waals surface area contributed by atoms with Crippen molar-refractivity contribution in [1.29, 1.82) is 0 Å². The molecule has 1 saturated carbocycles. The lowest BCUT2D eigenvalue weighted by atomic mass is 10.1. The predicted molar refractivity (Wildman–Crippen MR) is 96.3 cm³/mol. The Morgan fingerprint density at radius 3 is 2.73 bits per heavy atom. The van der Waals surface area contributed by atoms with Crippen LogP contribution in [-0.4, -0.2) is 37.1 Å². The second-order valence-electron chi connectivity index (χ2n) is 6.34. The van der Waals surface area contributed by atoms with Crippen LogP contribution < -0.4 is 10.1 Å². The Morgan fingerprint density at radius 1 is 1.19 bits per heavy atom. The number of benzene rings is 1. The molecule has 2 aromatic rings. The van der Waals surface area contributed by atoms with Gasteiger partial charge >= 0.3 is 5.97 Å². The van der Waals surface area contributed by atoms with Crippen molar-refractivity contribution < 1.29 is 19.1 Å². The molecule has 1 aliphatic carbocycles. The Labute approximate surface area is 152 Å². The molecule has 1 aliphatic rings. The Kier molecular flexibility index (Phi) is 5.84. The predicted octanol–water partition coefficient (Wildman–Crippen LogP) is 2.63. The molecule has 0 bridgehead atoms. The number of methoxy groups -OCH3 is 1. The van der Waals surface area contributed by atoms with Gasteiger partial charge in [-0.25, -0.2) is 9.78 Å². The molecule has 0 radical (unpaired) electrons. The van der Waals surface area contributed by atoms with E-state index in [-0.39, 0.29) is 11.9 Å². The summed E-state index contributed by atoms with van der Waals surface area (Å²) in [5.74, 6) is 0.659. The number of nitrogens with zero attached hydrogens (tertiary/aromatic N) is 1. The average Bonchev–Trinajstić information content (AvgIpc) is 3.51. The number of carbonyl (C=O) groups excluding carboxylic acids is 2. The topological polar surface area (TPSA) is 77.5 Å². The van der Waals surface area contributed by atoms with Gasteiger partial charge in [0.05, 0.1) is 24.8 Å². The Hall–Kier alpha value is -2.89. The van der Waals surface area contributed by atoms with Gasteiger partial charge in [0, 0.05) is 18.8 Å². The Balaban J connectivity index is 1.46. The highest BCUT2D eigenvalue weighted by molar-refractivity contribution is 5.93. The van der Waals surface area contributed by atoms with Crippen LogP contribution in [0.5, 0.6) is 5.88 Å². The molecule has 0 spiro atoms. The van der Waals surface area contributed by atoms with Gasteiger partial charge in [-0.3, -0.25) is 4.79 Å². The minimum absolute atomic E-state index is 0.185. The molecule has 1 heterocycles. The van der Waals surface area contributed by atoms with Gasteiger partial charge in [0.15, 0.2) is 0 Å².